The summed E-state index contributed by atoms with van der Waals surface area (Å²) in [5.41, 5.74) is 2.58. The van der Waals surface area contributed by atoms with Gasteiger partial charge >= 0.3 is 0 Å². The van der Waals surface area contributed by atoms with Crippen molar-refractivity contribution in [2.75, 3.05) is 18.0 Å². The lowest BCUT2D eigenvalue weighted by atomic mass is 10.1. The van der Waals surface area contributed by atoms with Gasteiger partial charge in [0.2, 0.25) is 0 Å². The highest BCUT2D eigenvalue weighted by Crippen LogP contribution is 2.16. The van der Waals surface area contributed by atoms with Crippen LogP contribution in [0.25, 0.3) is 0 Å². The molecule has 1 heterocycles. The highest BCUT2D eigenvalue weighted by molar-refractivity contribution is 5.47. The molecule has 0 bridgehead atoms. The molecular formula is C17H24N2O. The SMILES string of the molecule is CCN(CC)c1ccc(CNC(C)c2ccco2)cc1. The monoisotopic (exact) mass is 272 g/mol. The Balaban J connectivity index is 1.91. The van der Waals surface area contributed by atoms with E-state index in [2.05, 4.69) is 55.3 Å². The van der Waals surface area contributed by atoms with E-state index < -0.39 is 0 Å². The normalized spacial score (nSPS) is 12.3. The molecular weight excluding hydrogens is 248 g/mol. The lowest BCUT2D eigenvalue weighted by molar-refractivity contribution is 0.430. The van der Waals surface area contributed by atoms with Crippen molar-refractivity contribution in [1.82, 2.24) is 5.32 Å². The standard InChI is InChI=1S/C17H24N2O/c1-4-19(5-2)16-10-8-15(9-11-16)13-18-14(3)17-7-6-12-20-17/h6-12,14,18H,4-5,13H2,1-3H3. The fraction of sp³-hybridized carbons (Fsp3) is 0.412. The Hall–Kier alpha value is -1.74. The molecule has 1 N–H and O–H groups in total. The van der Waals surface area contributed by atoms with E-state index in [0.717, 1.165) is 25.4 Å². The van der Waals surface area contributed by atoms with E-state index in [1.54, 1.807) is 6.26 Å². The van der Waals surface area contributed by atoms with Crippen LogP contribution in [-0.4, -0.2) is 13.1 Å². The molecule has 3 heteroatoms. The minimum absolute atomic E-state index is 0.229. The van der Waals surface area contributed by atoms with Crippen molar-refractivity contribution in [2.24, 2.45) is 0 Å². The van der Waals surface area contributed by atoms with Crippen molar-refractivity contribution in [1.29, 1.82) is 0 Å². The van der Waals surface area contributed by atoms with Gasteiger partial charge in [0.25, 0.3) is 0 Å². The number of anilines is 1. The first-order chi connectivity index (χ1) is 9.74. The molecule has 0 radical (unpaired) electrons. The molecule has 2 aromatic rings. The predicted octanol–water partition coefficient (Wildman–Crippen LogP) is 3.98. The summed E-state index contributed by atoms with van der Waals surface area (Å²) in [4.78, 5) is 2.35. The summed E-state index contributed by atoms with van der Waals surface area (Å²) in [5, 5.41) is 3.47. The van der Waals surface area contributed by atoms with Gasteiger partial charge in [-0.05, 0) is 50.6 Å². The summed E-state index contributed by atoms with van der Waals surface area (Å²) in [5.74, 6) is 0.977. The van der Waals surface area contributed by atoms with Gasteiger partial charge in [-0.25, -0.2) is 0 Å². The van der Waals surface area contributed by atoms with Crippen molar-refractivity contribution in [2.45, 2.75) is 33.4 Å². The smallest absolute Gasteiger partial charge is 0.120 e. The van der Waals surface area contributed by atoms with Gasteiger partial charge in [-0.2, -0.15) is 0 Å². The third-order valence-corrected chi connectivity index (χ3v) is 3.65. The second kappa shape index (κ2) is 7.15. The van der Waals surface area contributed by atoms with Crippen LogP contribution in [-0.2, 0) is 6.54 Å². The van der Waals surface area contributed by atoms with Gasteiger partial charge in [0.1, 0.15) is 5.76 Å². The minimum atomic E-state index is 0.229. The molecule has 0 saturated heterocycles. The van der Waals surface area contributed by atoms with Gasteiger partial charge in [0.15, 0.2) is 0 Å². The van der Waals surface area contributed by atoms with Crippen LogP contribution in [0.3, 0.4) is 0 Å². The molecule has 20 heavy (non-hydrogen) atoms. The van der Waals surface area contributed by atoms with Crippen LogP contribution >= 0.6 is 0 Å². The summed E-state index contributed by atoms with van der Waals surface area (Å²) in [6.07, 6.45) is 1.71. The Morgan fingerprint density at radius 3 is 2.35 bits per heavy atom. The number of furan rings is 1. The van der Waals surface area contributed by atoms with E-state index in [9.17, 15) is 0 Å². The lowest BCUT2D eigenvalue weighted by Crippen LogP contribution is -2.22. The summed E-state index contributed by atoms with van der Waals surface area (Å²) in [7, 11) is 0. The molecule has 0 aliphatic heterocycles. The molecule has 2 rings (SSSR count). The Kier molecular flexibility index (Phi) is 5.24. The largest absolute Gasteiger partial charge is 0.468 e. The second-order valence-corrected chi connectivity index (χ2v) is 4.96. The third kappa shape index (κ3) is 3.64. The van der Waals surface area contributed by atoms with E-state index in [4.69, 9.17) is 4.42 Å². The van der Waals surface area contributed by atoms with Crippen molar-refractivity contribution >= 4 is 5.69 Å². The third-order valence-electron chi connectivity index (χ3n) is 3.65. The van der Waals surface area contributed by atoms with E-state index in [-0.39, 0.29) is 6.04 Å². The van der Waals surface area contributed by atoms with Crippen molar-refractivity contribution in [3.8, 4) is 0 Å². The first-order valence-corrected chi connectivity index (χ1v) is 7.35. The van der Waals surface area contributed by atoms with Gasteiger partial charge in [-0.1, -0.05) is 12.1 Å². The topological polar surface area (TPSA) is 28.4 Å². The zero-order valence-electron chi connectivity index (χ0n) is 12.6. The van der Waals surface area contributed by atoms with Crippen molar-refractivity contribution in [3.63, 3.8) is 0 Å². The van der Waals surface area contributed by atoms with Gasteiger partial charge in [0, 0.05) is 25.3 Å². The maximum Gasteiger partial charge on any atom is 0.120 e. The molecule has 0 aliphatic rings. The van der Waals surface area contributed by atoms with Crippen LogP contribution in [0.2, 0.25) is 0 Å². The molecule has 1 atom stereocenters. The molecule has 0 fully saturated rings. The van der Waals surface area contributed by atoms with Crippen molar-refractivity contribution in [3.05, 3.63) is 54.0 Å². The van der Waals surface area contributed by atoms with Crippen LogP contribution in [0.5, 0.6) is 0 Å². The van der Waals surface area contributed by atoms with Crippen LogP contribution in [0.1, 0.15) is 38.1 Å². The average Bonchev–Trinajstić information content (AvgIpc) is 3.01. The van der Waals surface area contributed by atoms with Gasteiger partial charge in [-0.3, -0.25) is 0 Å². The summed E-state index contributed by atoms with van der Waals surface area (Å²) < 4.78 is 5.39. The van der Waals surface area contributed by atoms with Gasteiger partial charge in [0.05, 0.1) is 12.3 Å². The van der Waals surface area contributed by atoms with E-state index in [1.807, 2.05) is 12.1 Å². The first kappa shape index (κ1) is 14.7. The highest BCUT2D eigenvalue weighted by atomic mass is 16.3. The summed E-state index contributed by atoms with van der Waals surface area (Å²) in [6.45, 7) is 9.42. The quantitative estimate of drug-likeness (QED) is 0.826. The molecule has 0 amide bonds. The van der Waals surface area contributed by atoms with E-state index in [1.165, 1.54) is 11.3 Å². The number of rotatable bonds is 7. The Bertz CT molecular complexity index is 486. The van der Waals surface area contributed by atoms with Crippen LogP contribution in [0.4, 0.5) is 5.69 Å². The zero-order valence-corrected chi connectivity index (χ0v) is 12.6. The number of nitrogens with zero attached hydrogens (tertiary/aromatic N) is 1. The number of benzene rings is 1. The molecule has 1 aromatic heterocycles. The van der Waals surface area contributed by atoms with Crippen molar-refractivity contribution < 1.29 is 4.42 Å². The summed E-state index contributed by atoms with van der Waals surface area (Å²) in [6, 6.07) is 12.9. The summed E-state index contributed by atoms with van der Waals surface area (Å²) >= 11 is 0. The Morgan fingerprint density at radius 2 is 1.80 bits per heavy atom. The molecule has 0 spiro atoms. The molecule has 3 nitrogen and oxygen atoms in total. The van der Waals surface area contributed by atoms with Crippen LogP contribution in [0, 0.1) is 0 Å². The fourth-order valence-corrected chi connectivity index (χ4v) is 2.32. The maximum atomic E-state index is 5.39. The molecule has 1 aromatic carbocycles. The Morgan fingerprint density at radius 1 is 1.10 bits per heavy atom. The number of hydrogen-bond donors (Lipinski definition) is 1. The fourth-order valence-electron chi connectivity index (χ4n) is 2.32. The Labute approximate surface area is 121 Å². The predicted molar refractivity (Wildman–Crippen MR) is 84.0 cm³/mol. The minimum Gasteiger partial charge on any atom is -0.468 e. The average molecular weight is 272 g/mol. The highest BCUT2D eigenvalue weighted by Gasteiger charge is 2.07. The molecule has 0 aliphatic carbocycles. The molecule has 0 saturated carbocycles. The second-order valence-electron chi connectivity index (χ2n) is 4.96. The lowest BCUT2D eigenvalue weighted by Gasteiger charge is -2.21. The van der Waals surface area contributed by atoms with E-state index in [0.29, 0.717) is 0 Å². The number of nitrogens with one attached hydrogen (secondary N) is 1. The molecule has 108 valence electrons. The van der Waals surface area contributed by atoms with Crippen LogP contribution in [0.15, 0.2) is 47.1 Å². The van der Waals surface area contributed by atoms with Crippen LogP contribution < -0.4 is 10.2 Å². The molecule has 1 unspecified atom stereocenters. The van der Waals surface area contributed by atoms with Gasteiger partial charge in [-0.15, -0.1) is 0 Å². The zero-order chi connectivity index (χ0) is 14.4. The first-order valence-electron chi connectivity index (χ1n) is 7.35. The number of hydrogen-bond acceptors (Lipinski definition) is 3. The van der Waals surface area contributed by atoms with E-state index >= 15 is 0 Å². The maximum absolute atomic E-state index is 5.39. The van der Waals surface area contributed by atoms with Gasteiger partial charge < -0.3 is 14.6 Å².